The standard InChI is InChI=1S/C8H11N5O2/c1-5-2-7(14)13(8(15)3-5)4-6-9-11-12-10-6/h5H,2-4H2,1H3,(H,9,10,11,12). The van der Waals surface area contributed by atoms with E-state index in [9.17, 15) is 9.59 Å². The van der Waals surface area contributed by atoms with E-state index in [4.69, 9.17) is 0 Å². The van der Waals surface area contributed by atoms with Crippen LogP contribution in [0.5, 0.6) is 0 Å². The molecule has 0 bridgehead atoms. The second-order valence-corrected chi connectivity index (χ2v) is 3.72. The second kappa shape index (κ2) is 3.76. The molecule has 0 atom stereocenters. The molecule has 0 aromatic carbocycles. The Kier molecular flexibility index (Phi) is 2.44. The van der Waals surface area contributed by atoms with Crippen LogP contribution in [-0.4, -0.2) is 37.3 Å². The number of aromatic amines is 1. The molecule has 2 heterocycles. The number of imide groups is 1. The summed E-state index contributed by atoms with van der Waals surface area (Å²) in [5.41, 5.74) is 0. The van der Waals surface area contributed by atoms with Crippen LogP contribution in [0.25, 0.3) is 0 Å². The van der Waals surface area contributed by atoms with Gasteiger partial charge in [-0.15, -0.1) is 10.2 Å². The zero-order valence-corrected chi connectivity index (χ0v) is 8.30. The SMILES string of the molecule is CC1CC(=O)N(Cc2nn[nH]n2)C(=O)C1. The number of aromatic nitrogens is 4. The number of tetrazole rings is 1. The van der Waals surface area contributed by atoms with E-state index in [0.717, 1.165) is 0 Å². The number of hydrogen-bond donors (Lipinski definition) is 1. The fourth-order valence-electron chi connectivity index (χ4n) is 1.60. The maximum atomic E-state index is 11.6. The molecule has 1 aromatic rings. The van der Waals surface area contributed by atoms with Gasteiger partial charge in [-0.1, -0.05) is 12.1 Å². The minimum Gasteiger partial charge on any atom is -0.275 e. The fraction of sp³-hybridized carbons (Fsp3) is 0.625. The summed E-state index contributed by atoms with van der Waals surface area (Å²) in [7, 11) is 0. The van der Waals surface area contributed by atoms with Gasteiger partial charge in [0.1, 0.15) is 0 Å². The number of carbonyl (C=O) groups excluding carboxylic acids is 2. The maximum absolute atomic E-state index is 11.6. The smallest absolute Gasteiger partial charge is 0.229 e. The molecule has 0 aliphatic carbocycles. The number of nitrogens with zero attached hydrogens (tertiary/aromatic N) is 4. The first-order valence-corrected chi connectivity index (χ1v) is 4.72. The maximum Gasteiger partial charge on any atom is 0.229 e. The summed E-state index contributed by atoms with van der Waals surface area (Å²) in [5.74, 6) is 0.157. The molecule has 80 valence electrons. The number of H-pyrrole nitrogens is 1. The Morgan fingerprint density at radius 3 is 2.60 bits per heavy atom. The van der Waals surface area contributed by atoms with Gasteiger partial charge in [0.15, 0.2) is 5.82 Å². The van der Waals surface area contributed by atoms with Gasteiger partial charge < -0.3 is 0 Å². The van der Waals surface area contributed by atoms with Crippen LogP contribution in [0.4, 0.5) is 0 Å². The highest BCUT2D eigenvalue weighted by molar-refractivity contribution is 5.97. The first-order valence-electron chi connectivity index (χ1n) is 4.72. The number of piperidine rings is 1. The summed E-state index contributed by atoms with van der Waals surface area (Å²) in [6.07, 6.45) is 0.813. The summed E-state index contributed by atoms with van der Waals surface area (Å²) in [5, 5.41) is 13.1. The molecule has 0 unspecified atom stereocenters. The van der Waals surface area contributed by atoms with Crippen molar-refractivity contribution < 1.29 is 9.59 Å². The summed E-state index contributed by atoms with van der Waals surface area (Å²) in [6, 6.07) is 0. The van der Waals surface area contributed by atoms with Crippen LogP contribution in [-0.2, 0) is 16.1 Å². The van der Waals surface area contributed by atoms with Crippen molar-refractivity contribution in [3.05, 3.63) is 5.82 Å². The lowest BCUT2D eigenvalue weighted by Crippen LogP contribution is -2.42. The molecule has 1 aromatic heterocycles. The highest BCUT2D eigenvalue weighted by atomic mass is 16.2. The Labute approximate surface area is 85.8 Å². The zero-order valence-electron chi connectivity index (χ0n) is 8.30. The Bertz CT molecular complexity index is 356. The average molecular weight is 209 g/mol. The summed E-state index contributed by atoms with van der Waals surface area (Å²) < 4.78 is 0. The lowest BCUT2D eigenvalue weighted by molar-refractivity contribution is -0.150. The highest BCUT2D eigenvalue weighted by Gasteiger charge is 2.30. The van der Waals surface area contributed by atoms with E-state index in [1.165, 1.54) is 4.90 Å². The van der Waals surface area contributed by atoms with Gasteiger partial charge in [0.25, 0.3) is 0 Å². The van der Waals surface area contributed by atoms with Crippen molar-refractivity contribution in [2.75, 3.05) is 0 Å². The van der Waals surface area contributed by atoms with Gasteiger partial charge in [0, 0.05) is 12.8 Å². The van der Waals surface area contributed by atoms with E-state index < -0.39 is 0 Å². The Morgan fingerprint density at radius 1 is 1.40 bits per heavy atom. The van der Waals surface area contributed by atoms with Crippen molar-refractivity contribution in [3.63, 3.8) is 0 Å². The predicted octanol–water partition coefficient (Wildman–Crippen LogP) is -0.515. The highest BCUT2D eigenvalue weighted by Crippen LogP contribution is 2.19. The predicted molar refractivity (Wildman–Crippen MR) is 48.1 cm³/mol. The van der Waals surface area contributed by atoms with E-state index in [-0.39, 0.29) is 24.3 Å². The monoisotopic (exact) mass is 209 g/mol. The third-order valence-corrected chi connectivity index (χ3v) is 2.34. The fourth-order valence-corrected chi connectivity index (χ4v) is 1.60. The van der Waals surface area contributed by atoms with Crippen LogP contribution in [0, 0.1) is 5.92 Å². The number of rotatable bonds is 2. The topological polar surface area (TPSA) is 91.8 Å². The van der Waals surface area contributed by atoms with Gasteiger partial charge in [0.05, 0.1) is 6.54 Å². The summed E-state index contributed by atoms with van der Waals surface area (Å²) >= 11 is 0. The first kappa shape index (κ1) is 9.75. The molecule has 2 rings (SSSR count). The Morgan fingerprint density at radius 2 is 2.07 bits per heavy atom. The molecule has 0 spiro atoms. The lowest BCUT2D eigenvalue weighted by Gasteiger charge is -2.26. The normalized spacial score (nSPS) is 18.6. The van der Waals surface area contributed by atoms with Crippen molar-refractivity contribution in [2.24, 2.45) is 5.92 Å². The van der Waals surface area contributed by atoms with Crippen molar-refractivity contribution >= 4 is 11.8 Å². The van der Waals surface area contributed by atoms with Crippen LogP contribution in [0.15, 0.2) is 0 Å². The lowest BCUT2D eigenvalue weighted by atomic mass is 9.98. The number of likely N-dealkylation sites (tertiary alicyclic amines) is 1. The molecule has 7 nitrogen and oxygen atoms in total. The molecule has 1 aliphatic heterocycles. The molecular formula is C8H11N5O2. The van der Waals surface area contributed by atoms with E-state index in [0.29, 0.717) is 18.7 Å². The van der Waals surface area contributed by atoms with Crippen LogP contribution >= 0.6 is 0 Å². The molecule has 1 saturated heterocycles. The van der Waals surface area contributed by atoms with E-state index in [1.54, 1.807) is 0 Å². The number of nitrogens with one attached hydrogen (secondary N) is 1. The number of hydrogen-bond acceptors (Lipinski definition) is 5. The van der Waals surface area contributed by atoms with Crippen LogP contribution in [0.1, 0.15) is 25.6 Å². The van der Waals surface area contributed by atoms with Gasteiger partial charge in [-0.25, -0.2) is 0 Å². The molecule has 15 heavy (non-hydrogen) atoms. The average Bonchev–Trinajstić information content (AvgIpc) is 2.63. The van der Waals surface area contributed by atoms with Gasteiger partial charge in [0.2, 0.25) is 11.8 Å². The molecule has 7 heteroatoms. The van der Waals surface area contributed by atoms with E-state index >= 15 is 0 Å². The minimum absolute atomic E-state index is 0.112. The molecule has 2 amide bonds. The van der Waals surface area contributed by atoms with Crippen LogP contribution in [0.2, 0.25) is 0 Å². The molecular weight excluding hydrogens is 198 g/mol. The van der Waals surface area contributed by atoms with Gasteiger partial charge in [-0.05, 0) is 5.92 Å². The minimum atomic E-state index is -0.163. The van der Waals surface area contributed by atoms with Crippen molar-refractivity contribution in [1.29, 1.82) is 0 Å². The van der Waals surface area contributed by atoms with Crippen molar-refractivity contribution in [1.82, 2.24) is 25.5 Å². The largest absolute Gasteiger partial charge is 0.275 e. The summed E-state index contributed by atoms with van der Waals surface area (Å²) in [6.45, 7) is 2.00. The molecule has 0 radical (unpaired) electrons. The number of amides is 2. The number of carbonyl (C=O) groups is 2. The Balaban J connectivity index is 2.08. The quantitative estimate of drug-likeness (QED) is 0.662. The van der Waals surface area contributed by atoms with E-state index in [1.807, 2.05) is 6.92 Å². The Hall–Kier alpha value is -1.79. The van der Waals surface area contributed by atoms with Gasteiger partial charge >= 0.3 is 0 Å². The van der Waals surface area contributed by atoms with Crippen molar-refractivity contribution in [3.8, 4) is 0 Å². The van der Waals surface area contributed by atoms with Crippen LogP contribution < -0.4 is 0 Å². The van der Waals surface area contributed by atoms with E-state index in [2.05, 4.69) is 20.6 Å². The van der Waals surface area contributed by atoms with Gasteiger partial charge in [-0.2, -0.15) is 5.21 Å². The summed E-state index contributed by atoms with van der Waals surface area (Å²) in [4.78, 5) is 24.3. The van der Waals surface area contributed by atoms with Gasteiger partial charge in [-0.3, -0.25) is 14.5 Å². The molecule has 1 aliphatic rings. The molecule has 0 saturated carbocycles. The second-order valence-electron chi connectivity index (χ2n) is 3.72. The molecule has 1 N–H and O–H groups in total. The van der Waals surface area contributed by atoms with Crippen molar-refractivity contribution in [2.45, 2.75) is 26.3 Å². The van der Waals surface area contributed by atoms with Crippen LogP contribution in [0.3, 0.4) is 0 Å². The first-order chi connectivity index (χ1) is 7.16. The zero-order chi connectivity index (χ0) is 10.8. The molecule has 1 fully saturated rings. The third kappa shape index (κ3) is 2.00. The third-order valence-electron chi connectivity index (χ3n) is 2.34.